The topological polar surface area (TPSA) is 197 Å². The van der Waals surface area contributed by atoms with Crippen LogP contribution >= 0.6 is 0 Å². The van der Waals surface area contributed by atoms with Crippen LogP contribution in [0.15, 0.2) is 22.8 Å². The van der Waals surface area contributed by atoms with Crippen LogP contribution in [0, 0.1) is 40.4 Å². The van der Waals surface area contributed by atoms with Gasteiger partial charge in [-0.15, -0.1) is 0 Å². The van der Waals surface area contributed by atoms with Crippen molar-refractivity contribution in [1.82, 2.24) is 0 Å². The summed E-state index contributed by atoms with van der Waals surface area (Å²) < 4.78 is 10.6. The van der Waals surface area contributed by atoms with E-state index in [1.807, 2.05) is 6.92 Å². The van der Waals surface area contributed by atoms with Crippen molar-refractivity contribution in [3.8, 4) is 0 Å². The molecule has 8 N–H and O–H groups in total. The number of hydrogen-bond acceptors (Lipinski definition) is 11. The highest BCUT2D eigenvalue weighted by molar-refractivity contribution is 5.88. The average Bonchev–Trinajstić information content (AvgIpc) is 3.33. The fourth-order valence-electron chi connectivity index (χ4n) is 10.2. The van der Waals surface area contributed by atoms with Crippen molar-refractivity contribution in [2.45, 2.75) is 135 Å². The summed E-state index contributed by atoms with van der Waals surface area (Å²) in [6.45, 7) is 8.98. The van der Waals surface area contributed by atoms with Crippen molar-refractivity contribution in [1.29, 1.82) is 0 Å². The number of allylic oxidation sites excluding steroid dienone is 1. The van der Waals surface area contributed by atoms with Gasteiger partial charge in [0.2, 0.25) is 6.29 Å². The van der Waals surface area contributed by atoms with Crippen molar-refractivity contribution in [2.75, 3.05) is 6.61 Å². The molecule has 256 valence electrons. The van der Waals surface area contributed by atoms with E-state index in [4.69, 9.17) is 9.47 Å². The maximum absolute atomic E-state index is 12.9. The van der Waals surface area contributed by atoms with Crippen molar-refractivity contribution in [3.05, 3.63) is 22.8 Å². The molecule has 4 fully saturated rings. The van der Waals surface area contributed by atoms with E-state index in [1.54, 1.807) is 13.8 Å². The Hall–Kier alpha value is -1.41. The van der Waals surface area contributed by atoms with Crippen LogP contribution in [0.2, 0.25) is 0 Å². The summed E-state index contributed by atoms with van der Waals surface area (Å²) in [4.78, 5) is 12.9. The molecule has 5 rings (SSSR count). The zero-order valence-corrected chi connectivity index (χ0v) is 27.1. The summed E-state index contributed by atoms with van der Waals surface area (Å²) in [5.74, 6) is -0.354. The molecule has 0 aromatic carbocycles. The number of carbonyl (C=O) groups is 1. The number of carbonyl (C=O) groups excluding carboxylic acids is 1. The van der Waals surface area contributed by atoms with E-state index in [2.05, 4.69) is 19.9 Å². The highest BCUT2D eigenvalue weighted by atomic mass is 16.7. The van der Waals surface area contributed by atoms with Gasteiger partial charge in [0, 0.05) is 17.4 Å². The normalized spacial score (nSPS) is 48.2. The third kappa shape index (κ3) is 5.84. The number of rotatable bonds is 7. The van der Waals surface area contributed by atoms with Gasteiger partial charge in [0.25, 0.3) is 0 Å². The Bertz CT molecular complexity index is 1170. The quantitative estimate of drug-likeness (QED) is 0.112. The van der Waals surface area contributed by atoms with E-state index >= 15 is 0 Å². The number of fused-ring (bicyclic) bond motifs is 5. The molecule has 0 amide bonds. The minimum Gasteiger partial charge on any atom is -0.429 e. The predicted molar refractivity (Wildman–Crippen MR) is 162 cm³/mol. The molecule has 5 aliphatic rings. The number of aliphatic hydroxyl groups excluding tert-OH is 8. The molecule has 11 nitrogen and oxygen atoms in total. The number of aliphatic hydroxyl groups is 8. The Labute approximate surface area is 265 Å². The maximum atomic E-state index is 12.9. The highest BCUT2D eigenvalue weighted by Crippen LogP contribution is 2.67. The first-order valence-corrected chi connectivity index (χ1v) is 16.7. The van der Waals surface area contributed by atoms with Gasteiger partial charge in [-0.3, -0.25) is 0 Å². The molecular weight excluding hydrogens is 584 g/mol. The van der Waals surface area contributed by atoms with Crippen LogP contribution in [0.5, 0.6) is 0 Å². The largest absolute Gasteiger partial charge is 0.429 e. The Morgan fingerprint density at radius 2 is 1.76 bits per heavy atom. The highest BCUT2D eigenvalue weighted by Gasteiger charge is 2.64. The molecule has 0 bridgehead atoms. The van der Waals surface area contributed by atoms with Crippen LogP contribution < -0.4 is 0 Å². The Kier molecular flexibility index (Phi) is 10.0. The second-order valence-electron chi connectivity index (χ2n) is 15.3. The molecule has 0 aromatic rings. The molecule has 1 saturated heterocycles. The van der Waals surface area contributed by atoms with Crippen LogP contribution in [0.25, 0.3) is 0 Å². The molecule has 1 heterocycles. The van der Waals surface area contributed by atoms with Crippen molar-refractivity contribution in [3.63, 3.8) is 0 Å². The molecule has 0 aromatic heterocycles. The summed E-state index contributed by atoms with van der Waals surface area (Å²) in [6.07, 6.45) is -3.80. The predicted octanol–water partition coefficient (Wildman–Crippen LogP) is 0.935. The van der Waals surface area contributed by atoms with Crippen LogP contribution in [-0.2, 0) is 14.3 Å². The van der Waals surface area contributed by atoms with Gasteiger partial charge in [0.15, 0.2) is 0 Å². The second-order valence-corrected chi connectivity index (χ2v) is 15.3. The van der Waals surface area contributed by atoms with Gasteiger partial charge in [0.05, 0.1) is 31.0 Å². The van der Waals surface area contributed by atoms with E-state index in [-0.39, 0.29) is 41.1 Å². The lowest BCUT2D eigenvalue weighted by atomic mass is 9.45. The molecule has 45 heavy (non-hydrogen) atoms. The first-order valence-electron chi connectivity index (χ1n) is 16.7. The third-order valence-electron chi connectivity index (χ3n) is 13.0. The van der Waals surface area contributed by atoms with Gasteiger partial charge >= 0.3 is 5.97 Å². The fourth-order valence-corrected chi connectivity index (χ4v) is 10.2. The monoisotopic (exact) mass is 638 g/mol. The summed E-state index contributed by atoms with van der Waals surface area (Å²) >= 11 is 0. The van der Waals surface area contributed by atoms with E-state index in [0.29, 0.717) is 30.8 Å². The number of esters is 1. The maximum Gasteiger partial charge on any atom is 0.336 e. The molecule has 1 aliphatic heterocycles. The van der Waals surface area contributed by atoms with Gasteiger partial charge in [-0.2, -0.15) is 0 Å². The minimum atomic E-state index is -1.70. The summed E-state index contributed by atoms with van der Waals surface area (Å²) in [7, 11) is 0. The van der Waals surface area contributed by atoms with E-state index in [1.165, 1.54) is 0 Å². The Balaban J connectivity index is 1.27. The first-order chi connectivity index (χ1) is 21.1. The smallest absolute Gasteiger partial charge is 0.336 e. The molecule has 0 spiro atoms. The first kappa shape index (κ1) is 34.9. The molecule has 0 unspecified atom stereocenters. The molecule has 4 aliphatic carbocycles. The van der Waals surface area contributed by atoms with Crippen LogP contribution in [0.4, 0.5) is 0 Å². The zero-order chi connectivity index (χ0) is 33.2. The summed E-state index contributed by atoms with van der Waals surface area (Å²) in [5.41, 5.74) is 1.11. The Morgan fingerprint density at radius 1 is 1.07 bits per heavy atom. The molecule has 11 heteroatoms. The zero-order valence-electron chi connectivity index (χ0n) is 27.1. The van der Waals surface area contributed by atoms with Crippen LogP contribution in [-0.4, -0.2) is 109 Å². The lowest BCUT2D eigenvalue weighted by Crippen LogP contribution is -2.60. The summed E-state index contributed by atoms with van der Waals surface area (Å²) in [5, 5.41) is 84.4. The molecular formula is C34H54O11. The average molecular weight is 639 g/mol. The van der Waals surface area contributed by atoms with Gasteiger partial charge < -0.3 is 50.3 Å². The molecule has 3 saturated carbocycles. The lowest BCUT2D eigenvalue weighted by Gasteiger charge is -2.61. The van der Waals surface area contributed by atoms with Gasteiger partial charge in [-0.1, -0.05) is 38.0 Å². The lowest BCUT2D eigenvalue weighted by molar-refractivity contribution is -0.291. The molecule has 16 atom stereocenters. The SMILES string of the molecule is C/C(C[C@@H](O)[C@@H](C)[C@H]1CC[C@@H]2[C@@H]3CC=C4C[C@@H](O)C[C@H](O)[C@]4(C)[C@@H]3[C@@H](O)C[C@]12C)=C(/C)C(=O)O[C@H]1O[C@@H](CO)[C@H](O)[C@@H](O)[C@@H]1O. The standard InChI is InChI=1S/C34H54O11/c1-15(16(2)31(43)45-32-30(42)29(41)28(40)25(14-35)44-32)10-23(37)17(3)21-8-9-22-20-7-6-18-11-19(36)12-26(39)34(18,5)27(20)24(38)13-33(21,22)4/h6,17,19-30,32,35-42H,7-14H2,1-5H3/b16-15+/t17-,19+,20-,21+,22+,23+,24-,25-,26-,27-,28-,29+,30-,32+,33+,34+/m0/s1. The van der Waals surface area contributed by atoms with Gasteiger partial charge in [-0.25, -0.2) is 4.79 Å². The summed E-state index contributed by atoms with van der Waals surface area (Å²) in [6, 6.07) is 0. The van der Waals surface area contributed by atoms with Crippen LogP contribution in [0.1, 0.15) is 79.6 Å². The number of hydrogen-bond donors (Lipinski definition) is 8. The van der Waals surface area contributed by atoms with Gasteiger partial charge in [0.1, 0.15) is 24.4 Å². The molecule has 0 radical (unpaired) electrons. The number of ether oxygens (including phenoxy) is 2. The van der Waals surface area contributed by atoms with E-state index in [0.717, 1.165) is 24.8 Å². The third-order valence-corrected chi connectivity index (χ3v) is 13.0. The fraction of sp³-hybridized carbons (Fsp3) is 0.853. The van der Waals surface area contributed by atoms with Crippen molar-refractivity contribution >= 4 is 5.97 Å². The van der Waals surface area contributed by atoms with E-state index in [9.17, 15) is 45.6 Å². The van der Waals surface area contributed by atoms with Gasteiger partial charge in [-0.05, 0) is 87.4 Å². The Morgan fingerprint density at radius 3 is 2.42 bits per heavy atom. The van der Waals surface area contributed by atoms with Crippen molar-refractivity contribution < 1.29 is 55.1 Å². The minimum absolute atomic E-state index is 0.0837. The second kappa shape index (κ2) is 12.9. The van der Waals surface area contributed by atoms with Crippen LogP contribution in [0.3, 0.4) is 0 Å². The van der Waals surface area contributed by atoms with Crippen molar-refractivity contribution in [2.24, 2.45) is 40.4 Å². The van der Waals surface area contributed by atoms with E-state index < -0.39 is 73.1 Å².